The van der Waals surface area contributed by atoms with E-state index in [9.17, 15) is 13.6 Å². The first-order valence-electron chi connectivity index (χ1n) is 9.09. The number of hydrogen-bond acceptors (Lipinski definition) is 4. The van der Waals surface area contributed by atoms with Gasteiger partial charge in [-0.1, -0.05) is 30.3 Å². The third-order valence-electron chi connectivity index (χ3n) is 4.57. The van der Waals surface area contributed by atoms with Crippen molar-refractivity contribution in [3.05, 3.63) is 71.8 Å². The van der Waals surface area contributed by atoms with E-state index < -0.39 is 12.3 Å². The lowest BCUT2D eigenvalue weighted by Crippen LogP contribution is -2.24. The molecule has 0 spiro atoms. The molecular weight excluding hydrogens is 378 g/mol. The summed E-state index contributed by atoms with van der Waals surface area (Å²) in [5.41, 5.74) is 1.76. The zero-order valence-corrected chi connectivity index (χ0v) is 15.6. The third-order valence-corrected chi connectivity index (χ3v) is 4.57. The van der Waals surface area contributed by atoms with Gasteiger partial charge in [0.05, 0.1) is 24.1 Å². The van der Waals surface area contributed by atoms with Gasteiger partial charge in [-0.15, -0.1) is 0 Å². The fourth-order valence-electron chi connectivity index (χ4n) is 3.12. The van der Waals surface area contributed by atoms with Crippen LogP contribution in [0.1, 0.15) is 35.1 Å². The minimum Gasteiger partial charge on any atom is -0.346 e. The van der Waals surface area contributed by atoms with Gasteiger partial charge < -0.3 is 5.32 Å². The smallest absolute Gasteiger partial charge is 0.280 e. The summed E-state index contributed by atoms with van der Waals surface area (Å²) in [7, 11) is 0. The lowest BCUT2D eigenvalue weighted by atomic mass is 10.1. The molecule has 148 valence electrons. The molecular formula is C20H18F2N6O. The fraction of sp³-hybridized carbons (Fsp3) is 0.200. The van der Waals surface area contributed by atoms with Crippen LogP contribution in [0.15, 0.2) is 54.9 Å². The summed E-state index contributed by atoms with van der Waals surface area (Å²) >= 11 is 0. The van der Waals surface area contributed by atoms with E-state index in [1.165, 1.54) is 12.3 Å². The molecule has 0 bridgehead atoms. The van der Waals surface area contributed by atoms with Crippen LogP contribution in [-0.4, -0.2) is 30.3 Å². The van der Waals surface area contributed by atoms with Gasteiger partial charge in [0.25, 0.3) is 12.3 Å². The Hall–Kier alpha value is -3.62. The fourth-order valence-corrected chi connectivity index (χ4v) is 3.12. The number of rotatable bonds is 6. The number of nitrogens with one attached hydrogen (secondary N) is 1. The summed E-state index contributed by atoms with van der Waals surface area (Å²) in [6.45, 7) is 2.88. The van der Waals surface area contributed by atoms with E-state index >= 15 is 0 Å². The van der Waals surface area contributed by atoms with Crippen molar-refractivity contribution in [1.82, 2.24) is 29.7 Å². The topological polar surface area (TPSA) is 77.1 Å². The maximum Gasteiger partial charge on any atom is 0.280 e. The summed E-state index contributed by atoms with van der Waals surface area (Å²) < 4.78 is 30.0. The zero-order chi connectivity index (χ0) is 20.4. The highest BCUT2D eigenvalue weighted by molar-refractivity contribution is 5.99. The number of benzene rings is 1. The van der Waals surface area contributed by atoms with Crippen LogP contribution in [0.25, 0.3) is 16.9 Å². The molecule has 0 unspecified atom stereocenters. The summed E-state index contributed by atoms with van der Waals surface area (Å²) in [4.78, 5) is 17.2. The molecule has 1 aromatic carbocycles. The number of amides is 1. The van der Waals surface area contributed by atoms with Crippen LogP contribution >= 0.6 is 0 Å². The molecule has 0 aliphatic rings. The number of halogens is 2. The van der Waals surface area contributed by atoms with Crippen LogP contribution < -0.4 is 5.32 Å². The number of nitrogens with zero attached hydrogens (tertiary/aromatic N) is 5. The molecule has 0 aliphatic carbocycles. The van der Waals surface area contributed by atoms with E-state index in [1.807, 2.05) is 13.0 Å². The normalized spacial score (nSPS) is 11.3. The molecule has 0 atom stereocenters. The highest BCUT2D eigenvalue weighted by Crippen LogP contribution is 2.26. The lowest BCUT2D eigenvalue weighted by Gasteiger charge is -2.09. The van der Waals surface area contributed by atoms with Crippen molar-refractivity contribution < 1.29 is 13.6 Å². The summed E-state index contributed by atoms with van der Waals surface area (Å²) in [5, 5.41) is 10.9. The molecule has 1 N–H and O–H groups in total. The van der Waals surface area contributed by atoms with Gasteiger partial charge >= 0.3 is 0 Å². The Kier molecular flexibility index (Phi) is 5.03. The van der Waals surface area contributed by atoms with Crippen molar-refractivity contribution >= 4 is 11.6 Å². The van der Waals surface area contributed by atoms with Crippen molar-refractivity contribution in [1.29, 1.82) is 0 Å². The maximum absolute atomic E-state index is 13.6. The van der Waals surface area contributed by atoms with Gasteiger partial charge in [0, 0.05) is 18.3 Å². The maximum atomic E-state index is 13.6. The Balaban J connectivity index is 1.71. The Morgan fingerprint density at radius 3 is 2.69 bits per heavy atom. The summed E-state index contributed by atoms with van der Waals surface area (Å²) in [6.07, 6.45) is 0.149. The number of carbonyl (C=O) groups excluding carboxylic acids is 1. The first-order chi connectivity index (χ1) is 14.1. The van der Waals surface area contributed by atoms with E-state index in [4.69, 9.17) is 0 Å². The Morgan fingerprint density at radius 1 is 1.17 bits per heavy atom. The van der Waals surface area contributed by atoms with E-state index in [0.29, 0.717) is 17.8 Å². The van der Waals surface area contributed by atoms with Crippen molar-refractivity contribution in [2.75, 3.05) is 0 Å². The second-order valence-electron chi connectivity index (χ2n) is 6.35. The van der Waals surface area contributed by atoms with Gasteiger partial charge in [0.2, 0.25) is 0 Å². The van der Waals surface area contributed by atoms with E-state index in [1.54, 1.807) is 41.2 Å². The van der Waals surface area contributed by atoms with Gasteiger partial charge in [-0.25, -0.2) is 18.3 Å². The van der Waals surface area contributed by atoms with Gasteiger partial charge in [-0.2, -0.15) is 10.2 Å². The highest BCUT2D eigenvalue weighted by atomic mass is 19.3. The zero-order valence-electron chi connectivity index (χ0n) is 15.6. The van der Waals surface area contributed by atoms with Gasteiger partial charge in [0.15, 0.2) is 5.65 Å². The Morgan fingerprint density at radius 2 is 1.97 bits per heavy atom. The van der Waals surface area contributed by atoms with E-state index in [-0.39, 0.29) is 23.4 Å². The molecule has 1 amide bonds. The van der Waals surface area contributed by atoms with Gasteiger partial charge in [-0.05, 0) is 19.1 Å². The highest BCUT2D eigenvalue weighted by Gasteiger charge is 2.21. The molecule has 0 radical (unpaired) electrons. The minimum atomic E-state index is -2.77. The van der Waals surface area contributed by atoms with Crippen molar-refractivity contribution in [3.63, 3.8) is 0 Å². The second-order valence-corrected chi connectivity index (χ2v) is 6.35. The molecule has 0 saturated heterocycles. The van der Waals surface area contributed by atoms with Crippen molar-refractivity contribution in [3.8, 4) is 11.3 Å². The van der Waals surface area contributed by atoms with E-state index in [0.717, 1.165) is 10.2 Å². The first-order valence-corrected chi connectivity index (χ1v) is 9.09. The number of alkyl halides is 2. The first kappa shape index (κ1) is 18.7. The molecule has 7 nitrogen and oxygen atoms in total. The summed E-state index contributed by atoms with van der Waals surface area (Å²) in [5.74, 6) is -0.443. The molecule has 4 aromatic rings. The molecule has 0 saturated carbocycles. The van der Waals surface area contributed by atoms with Crippen LogP contribution in [0.5, 0.6) is 0 Å². The SMILES string of the molecule is CCn1nccc1CNC(=O)c1cnn2c(C(F)F)cc(-c3ccccc3)nc12. The quantitative estimate of drug-likeness (QED) is 0.541. The Labute approximate surface area is 165 Å². The second kappa shape index (κ2) is 7.78. The third kappa shape index (κ3) is 3.58. The largest absolute Gasteiger partial charge is 0.346 e. The molecule has 3 heterocycles. The van der Waals surface area contributed by atoms with Crippen LogP contribution in [0.3, 0.4) is 0 Å². The lowest BCUT2D eigenvalue weighted by molar-refractivity contribution is 0.0951. The predicted molar refractivity (Wildman–Crippen MR) is 102 cm³/mol. The molecule has 0 aliphatic heterocycles. The number of aryl methyl sites for hydroxylation is 1. The minimum absolute atomic E-state index is 0.0863. The number of aromatic nitrogens is 5. The average Bonchev–Trinajstić information content (AvgIpc) is 3.38. The number of fused-ring (bicyclic) bond motifs is 1. The van der Waals surface area contributed by atoms with Crippen LogP contribution in [0, 0.1) is 0 Å². The van der Waals surface area contributed by atoms with Gasteiger partial charge in [-0.3, -0.25) is 9.48 Å². The van der Waals surface area contributed by atoms with E-state index in [2.05, 4.69) is 20.5 Å². The average molecular weight is 396 g/mol. The molecule has 29 heavy (non-hydrogen) atoms. The molecule has 4 rings (SSSR count). The molecule has 3 aromatic heterocycles. The number of carbonyl (C=O) groups is 1. The summed E-state index contributed by atoms with van der Waals surface area (Å²) in [6, 6.07) is 12.1. The van der Waals surface area contributed by atoms with Crippen LogP contribution in [-0.2, 0) is 13.1 Å². The van der Waals surface area contributed by atoms with Gasteiger partial charge in [0.1, 0.15) is 11.3 Å². The van der Waals surface area contributed by atoms with Crippen LogP contribution in [0.4, 0.5) is 8.78 Å². The Bertz CT molecular complexity index is 1150. The van der Waals surface area contributed by atoms with Crippen LogP contribution in [0.2, 0.25) is 0 Å². The predicted octanol–water partition coefficient (Wildman–Crippen LogP) is 3.48. The number of hydrogen-bond donors (Lipinski definition) is 1. The van der Waals surface area contributed by atoms with Crippen molar-refractivity contribution in [2.45, 2.75) is 26.4 Å². The molecule has 0 fully saturated rings. The molecule has 9 heteroatoms. The monoisotopic (exact) mass is 396 g/mol. The van der Waals surface area contributed by atoms with Crippen molar-refractivity contribution in [2.24, 2.45) is 0 Å². The standard InChI is InChI=1S/C20H18F2N6O/c1-2-27-14(8-9-24-27)11-23-20(29)15-12-25-28-17(18(21)22)10-16(26-19(15)28)13-6-4-3-5-7-13/h3-10,12,18H,2,11H2,1H3,(H,23,29).